The summed E-state index contributed by atoms with van der Waals surface area (Å²) in [6.45, 7) is 1.99. The van der Waals surface area contributed by atoms with Gasteiger partial charge in [-0.3, -0.25) is 0 Å². The molecular weight excluding hydrogens is 414 g/mol. The molecule has 2 aromatic heterocycles. The molecule has 0 aliphatic heterocycles. The molecule has 0 aliphatic carbocycles. The molecule has 0 fully saturated rings. The van der Waals surface area contributed by atoms with Crippen LogP contribution in [0.5, 0.6) is 0 Å². The van der Waals surface area contributed by atoms with Crippen LogP contribution in [-0.4, -0.2) is 9.55 Å². The number of aromatic nitrogens is 3. The molecule has 3 nitrogen and oxygen atoms in total. The SMILES string of the molecule is Cc1nc(-c2[n-]ccc2-c2ccccc2)cn1C.[Ir]. The maximum Gasteiger partial charge on any atom is 0.105 e. The first-order valence-corrected chi connectivity index (χ1v) is 5.93. The second-order valence-corrected chi connectivity index (χ2v) is 4.36. The van der Waals surface area contributed by atoms with Gasteiger partial charge in [0.15, 0.2) is 0 Å². The zero-order valence-electron chi connectivity index (χ0n) is 10.8. The van der Waals surface area contributed by atoms with Crippen molar-refractivity contribution in [3.05, 3.63) is 54.6 Å². The molecule has 0 atom stereocenters. The molecule has 3 rings (SSSR count). The molecule has 99 valence electrons. The Labute approximate surface area is 126 Å². The van der Waals surface area contributed by atoms with Crippen LogP contribution in [-0.2, 0) is 27.2 Å². The van der Waals surface area contributed by atoms with Gasteiger partial charge in [-0.15, -0.1) is 5.69 Å². The fraction of sp³-hybridized carbons (Fsp3) is 0.133. The summed E-state index contributed by atoms with van der Waals surface area (Å²) in [4.78, 5) is 8.98. The van der Waals surface area contributed by atoms with Gasteiger partial charge < -0.3 is 9.55 Å². The van der Waals surface area contributed by atoms with Gasteiger partial charge in [0.05, 0.1) is 5.69 Å². The van der Waals surface area contributed by atoms with E-state index in [1.165, 1.54) is 5.56 Å². The third-order valence-corrected chi connectivity index (χ3v) is 3.14. The van der Waals surface area contributed by atoms with E-state index in [1.807, 2.05) is 55.2 Å². The molecule has 2 heterocycles. The second-order valence-electron chi connectivity index (χ2n) is 4.36. The average molecular weight is 429 g/mol. The van der Waals surface area contributed by atoms with E-state index in [2.05, 4.69) is 22.1 Å². The van der Waals surface area contributed by atoms with Crippen LogP contribution in [0, 0.1) is 6.92 Å². The standard InChI is InChI=1S/C15H14N3.Ir/c1-11-17-14(10-18(11)2)15-13(8-9-16-15)12-6-4-3-5-7-12;/h3-10H,1-2H3;/q-1;. The maximum atomic E-state index is 4.54. The van der Waals surface area contributed by atoms with Crippen LogP contribution in [0.1, 0.15) is 5.82 Å². The Morgan fingerprint density at radius 3 is 2.47 bits per heavy atom. The van der Waals surface area contributed by atoms with Crippen molar-refractivity contribution < 1.29 is 20.1 Å². The number of hydrogen-bond acceptors (Lipinski definition) is 1. The first-order valence-electron chi connectivity index (χ1n) is 5.93. The maximum absolute atomic E-state index is 4.54. The molecular formula is C15H14IrN3-. The van der Waals surface area contributed by atoms with Crippen molar-refractivity contribution in [2.24, 2.45) is 7.05 Å². The fourth-order valence-electron chi connectivity index (χ4n) is 2.06. The average Bonchev–Trinajstić information content (AvgIpc) is 2.98. The number of imidazole rings is 1. The number of hydrogen-bond donors (Lipinski definition) is 0. The number of benzene rings is 1. The molecule has 1 aromatic carbocycles. The Balaban J connectivity index is 0.00000133. The van der Waals surface area contributed by atoms with Crippen LogP contribution in [0.4, 0.5) is 0 Å². The molecule has 0 aliphatic rings. The molecule has 1 radical (unpaired) electrons. The summed E-state index contributed by atoms with van der Waals surface area (Å²) in [6, 6.07) is 12.3. The topological polar surface area (TPSA) is 31.9 Å². The van der Waals surface area contributed by atoms with Crippen LogP contribution in [0.25, 0.3) is 22.5 Å². The first kappa shape index (κ1) is 13.8. The third kappa shape index (κ3) is 2.55. The van der Waals surface area contributed by atoms with Gasteiger partial charge in [0, 0.05) is 33.3 Å². The van der Waals surface area contributed by atoms with Gasteiger partial charge in [-0.2, -0.15) is 6.20 Å². The molecule has 3 aromatic rings. The largest absolute Gasteiger partial charge is 0.662 e. The number of nitrogens with zero attached hydrogens (tertiary/aromatic N) is 3. The molecule has 0 bridgehead atoms. The van der Waals surface area contributed by atoms with E-state index in [0.717, 1.165) is 22.8 Å². The summed E-state index contributed by atoms with van der Waals surface area (Å²) in [5.41, 5.74) is 4.19. The normalized spacial score (nSPS) is 10.2. The summed E-state index contributed by atoms with van der Waals surface area (Å²) < 4.78 is 2.01. The van der Waals surface area contributed by atoms with E-state index in [0.29, 0.717) is 0 Å². The Hall–Kier alpha value is -1.64. The predicted molar refractivity (Wildman–Crippen MR) is 72.1 cm³/mol. The monoisotopic (exact) mass is 429 g/mol. The van der Waals surface area contributed by atoms with Crippen molar-refractivity contribution in [2.75, 3.05) is 0 Å². The van der Waals surface area contributed by atoms with Crippen molar-refractivity contribution in [3.8, 4) is 22.5 Å². The van der Waals surface area contributed by atoms with Gasteiger partial charge in [-0.05, 0) is 18.1 Å². The third-order valence-electron chi connectivity index (χ3n) is 3.14. The summed E-state index contributed by atoms with van der Waals surface area (Å²) in [5.74, 6) is 0.993. The molecule has 0 spiro atoms. The minimum Gasteiger partial charge on any atom is -0.662 e. The minimum absolute atomic E-state index is 0. The smallest absolute Gasteiger partial charge is 0.105 e. The Bertz CT molecular complexity index is 648. The van der Waals surface area contributed by atoms with E-state index in [4.69, 9.17) is 0 Å². The number of rotatable bonds is 2. The Kier molecular flexibility index (Phi) is 4.03. The zero-order chi connectivity index (χ0) is 12.5. The molecule has 4 heteroatoms. The first-order chi connectivity index (χ1) is 8.75. The van der Waals surface area contributed by atoms with Crippen molar-refractivity contribution in [2.45, 2.75) is 6.92 Å². The Morgan fingerprint density at radius 1 is 1.11 bits per heavy atom. The van der Waals surface area contributed by atoms with Gasteiger partial charge in [-0.25, -0.2) is 4.98 Å². The van der Waals surface area contributed by atoms with Crippen molar-refractivity contribution in [1.82, 2.24) is 14.5 Å². The van der Waals surface area contributed by atoms with Crippen molar-refractivity contribution in [3.63, 3.8) is 0 Å². The van der Waals surface area contributed by atoms with E-state index in [1.54, 1.807) is 0 Å². The van der Waals surface area contributed by atoms with Gasteiger partial charge in [0.1, 0.15) is 5.82 Å². The quantitative estimate of drug-likeness (QED) is 0.629. The summed E-state index contributed by atoms with van der Waals surface area (Å²) in [7, 11) is 2.00. The molecule has 19 heavy (non-hydrogen) atoms. The molecule has 0 amide bonds. The van der Waals surface area contributed by atoms with Crippen molar-refractivity contribution >= 4 is 0 Å². The molecule has 0 saturated carbocycles. The van der Waals surface area contributed by atoms with E-state index < -0.39 is 0 Å². The van der Waals surface area contributed by atoms with Crippen molar-refractivity contribution in [1.29, 1.82) is 0 Å². The van der Waals surface area contributed by atoms with Crippen LogP contribution >= 0.6 is 0 Å². The predicted octanol–water partition coefficient (Wildman–Crippen LogP) is 3.02. The molecule has 0 N–H and O–H groups in total. The Morgan fingerprint density at radius 2 is 1.84 bits per heavy atom. The zero-order valence-corrected chi connectivity index (χ0v) is 13.2. The van der Waals surface area contributed by atoms with E-state index in [-0.39, 0.29) is 20.1 Å². The van der Waals surface area contributed by atoms with Crippen LogP contribution in [0.3, 0.4) is 0 Å². The summed E-state index contributed by atoms with van der Waals surface area (Å²) in [5, 5.41) is 0. The van der Waals surface area contributed by atoms with Gasteiger partial charge >= 0.3 is 0 Å². The minimum atomic E-state index is 0. The van der Waals surface area contributed by atoms with Gasteiger partial charge in [-0.1, -0.05) is 36.4 Å². The molecule has 0 unspecified atom stereocenters. The summed E-state index contributed by atoms with van der Waals surface area (Å²) in [6.07, 6.45) is 3.85. The van der Waals surface area contributed by atoms with Gasteiger partial charge in [0.25, 0.3) is 0 Å². The van der Waals surface area contributed by atoms with Crippen LogP contribution in [0.2, 0.25) is 0 Å². The van der Waals surface area contributed by atoms with Crippen LogP contribution < -0.4 is 4.98 Å². The fourth-order valence-corrected chi connectivity index (χ4v) is 2.06. The molecule has 0 saturated heterocycles. The van der Waals surface area contributed by atoms with E-state index >= 15 is 0 Å². The second kappa shape index (κ2) is 5.55. The summed E-state index contributed by atoms with van der Waals surface area (Å²) >= 11 is 0. The number of aryl methyl sites for hydroxylation is 2. The van der Waals surface area contributed by atoms with E-state index in [9.17, 15) is 0 Å². The van der Waals surface area contributed by atoms with Gasteiger partial charge in [0.2, 0.25) is 0 Å². The van der Waals surface area contributed by atoms with Crippen LogP contribution in [0.15, 0.2) is 48.8 Å².